The molecule has 0 radical (unpaired) electrons. The highest BCUT2D eigenvalue weighted by molar-refractivity contribution is 7.18. The quantitative estimate of drug-likeness (QED) is 0.515. The maximum atomic E-state index is 5.46. The molecule has 7 nitrogen and oxygen atoms in total. The molecule has 28 heavy (non-hydrogen) atoms. The third-order valence-corrected chi connectivity index (χ3v) is 5.85. The van der Waals surface area contributed by atoms with Crippen molar-refractivity contribution < 1.29 is 9.47 Å². The number of ether oxygens (including phenoxy) is 2. The number of hydrogen-bond acceptors (Lipinski definition) is 7. The second-order valence-electron chi connectivity index (χ2n) is 6.52. The third-order valence-electron chi connectivity index (χ3n) is 4.68. The number of nitrogens with one attached hydrogen (secondary N) is 2. The summed E-state index contributed by atoms with van der Waals surface area (Å²) in [7, 11) is 0. The molecule has 0 saturated carbocycles. The van der Waals surface area contributed by atoms with Crippen LogP contribution in [0.15, 0.2) is 36.5 Å². The smallest absolute Gasteiger partial charge is 0.231 e. The average molecular weight is 393 g/mol. The van der Waals surface area contributed by atoms with E-state index in [0.717, 1.165) is 52.6 Å². The average Bonchev–Trinajstić information content (AvgIpc) is 3.46. The van der Waals surface area contributed by atoms with Gasteiger partial charge in [-0.25, -0.2) is 9.97 Å². The van der Waals surface area contributed by atoms with Crippen LogP contribution in [0.3, 0.4) is 0 Å². The molecule has 4 aromatic rings. The first-order chi connectivity index (χ1) is 13.8. The summed E-state index contributed by atoms with van der Waals surface area (Å²) in [6.07, 6.45) is 3.55. The van der Waals surface area contributed by atoms with Crippen molar-refractivity contribution in [3.8, 4) is 23.0 Å². The molecule has 0 aliphatic carbocycles. The van der Waals surface area contributed by atoms with Crippen LogP contribution in [0.4, 0.5) is 5.82 Å². The number of anilines is 1. The monoisotopic (exact) mass is 393 g/mol. The highest BCUT2D eigenvalue weighted by Crippen LogP contribution is 2.33. The van der Waals surface area contributed by atoms with E-state index in [1.807, 2.05) is 18.2 Å². The molecule has 1 aliphatic rings. The van der Waals surface area contributed by atoms with Crippen LogP contribution in [0.1, 0.15) is 17.4 Å². The van der Waals surface area contributed by atoms with Gasteiger partial charge in [0.25, 0.3) is 0 Å². The van der Waals surface area contributed by atoms with E-state index in [1.165, 1.54) is 10.4 Å². The molecule has 0 atom stereocenters. The maximum absolute atomic E-state index is 5.46. The first-order valence-electron chi connectivity index (χ1n) is 9.23. The largest absolute Gasteiger partial charge is 0.454 e. The van der Waals surface area contributed by atoms with Gasteiger partial charge < -0.3 is 14.8 Å². The molecule has 142 valence electrons. The van der Waals surface area contributed by atoms with E-state index in [4.69, 9.17) is 19.4 Å². The summed E-state index contributed by atoms with van der Waals surface area (Å²) in [5.74, 6) is 3.13. The summed E-state index contributed by atoms with van der Waals surface area (Å²) >= 11 is 1.71. The Kier molecular flexibility index (Phi) is 4.32. The van der Waals surface area contributed by atoms with Gasteiger partial charge in [0, 0.05) is 17.6 Å². The van der Waals surface area contributed by atoms with Gasteiger partial charge in [0.1, 0.15) is 16.3 Å². The minimum absolute atomic E-state index is 0.296. The van der Waals surface area contributed by atoms with E-state index < -0.39 is 0 Å². The van der Waals surface area contributed by atoms with Gasteiger partial charge in [-0.15, -0.1) is 11.3 Å². The molecule has 4 heterocycles. The van der Waals surface area contributed by atoms with Gasteiger partial charge in [-0.1, -0.05) is 13.0 Å². The first kappa shape index (κ1) is 17.0. The van der Waals surface area contributed by atoms with Gasteiger partial charge in [-0.2, -0.15) is 5.10 Å². The standard InChI is InChI=1S/C20H19N5O2S/c1-2-13-10-14-18(23-19(24-20(14)28-13)15-6-8-22-25-15)21-7-5-12-3-4-16-17(9-12)27-11-26-16/h3-4,6,8-10H,2,5,7,11H2,1H3,(H,22,25)(H,21,23,24). The van der Waals surface area contributed by atoms with Crippen molar-refractivity contribution in [1.29, 1.82) is 0 Å². The number of fused-ring (bicyclic) bond motifs is 2. The molecule has 1 aliphatic heterocycles. The lowest BCUT2D eigenvalue weighted by Crippen LogP contribution is -2.07. The predicted octanol–water partition coefficient (Wildman–Crippen LogP) is 4.03. The lowest BCUT2D eigenvalue weighted by molar-refractivity contribution is 0.174. The molecule has 2 N–H and O–H groups in total. The number of rotatable bonds is 6. The Balaban J connectivity index is 1.40. The number of thiophene rings is 1. The summed E-state index contributed by atoms with van der Waals surface area (Å²) in [5, 5.41) is 11.5. The Labute approximate surface area is 165 Å². The fourth-order valence-electron chi connectivity index (χ4n) is 3.20. The highest BCUT2D eigenvalue weighted by atomic mass is 32.1. The molecule has 8 heteroatoms. The lowest BCUT2D eigenvalue weighted by Gasteiger charge is -2.09. The second kappa shape index (κ2) is 7.12. The van der Waals surface area contributed by atoms with Crippen molar-refractivity contribution in [2.45, 2.75) is 19.8 Å². The van der Waals surface area contributed by atoms with Gasteiger partial charge >= 0.3 is 0 Å². The van der Waals surface area contributed by atoms with E-state index in [0.29, 0.717) is 12.6 Å². The van der Waals surface area contributed by atoms with Crippen LogP contribution < -0.4 is 14.8 Å². The Bertz CT molecular complexity index is 1120. The summed E-state index contributed by atoms with van der Waals surface area (Å²) in [4.78, 5) is 11.8. The van der Waals surface area contributed by atoms with Gasteiger partial charge in [-0.05, 0) is 42.7 Å². The van der Waals surface area contributed by atoms with Gasteiger partial charge in [-0.3, -0.25) is 5.10 Å². The van der Waals surface area contributed by atoms with Crippen LogP contribution in [-0.4, -0.2) is 33.5 Å². The van der Waals surface area contributed by atoms with Crippen LogP contribution >= 0.6 is 11.3 Å². The summed E-state index contributed by atoms with van der Waals surface area (Å²) < 4.78 is 10.8. The van der Waals surface area contributed by atoms with E-state index in [2.05, 4.69) is 34.6 Å². The molecule has 3 aromatic heterocycles. The highest BCUT2D eigenvalue weighted by Gasteiger charge is 2.15. The van der Waals surface area contributed by atoms with Crippen molar-refractivity contribution in [2.24, 2.45) is 0 Å². The van der Waals surface area contributed by atoms with Crippen LogP contribution in [-0.2, 0) is 12.8 Å². The Morgan fingerprint density at radius 3 is 2.93 bits per heavy atom. The van der Waals surface area contributed by atoms with Crippen LogP contribution in [0.2, 0.25) is 0 Å². The number of aromatic nitrogens is 4. The number of benzene rings is 1. The lowest BCUT2D eigenvalue weighted by atomic mass is 10.1. The van der Waals surface area contributed by atoms with Crippen LogP contribution in [0.5, 0.6) is 11.5 Å². The molecule has 0 saturated heterocycles. The molecule has 0 spiro atoms. The van der Waals surface area contributed by atoms with E-state index in [1.54, 1.807) is 17.5 Å². The summed E-state index contributed by atoms with van der Waals surface area (Å²) in [6.45, 7) is 3.20. The molecule has 0 bridgehead atoms. The minimum atomic E-state index is 0.296. The zero-order valence-electron chi connectivity index (χ0n) is 15.4. The summed E-state index contributed by atoms with van der Waals surface area (Å²) in [5.41, 5.74) is 2.00. The van der Waals surface area contributed by atoms with Gasteiger partial charge in [0.05, 0.1) is 5.39 Å². The zero-order chi connectivity index (χ0) is 18.9. The first-order valence-corrected chi connectivity index (χ1v) is 10.0. The molecular weight excluding hydrogens is 374 g/mol. The fraction of sp³-hybridized carbons (Fsp3) is 0.250. The number of hydrogen-bond donors (Lipinski definition) is 2. The molecule has 5 rings (SSSR count). The topological polar surface area (TPSA) is 85.0 Å². The Morgan fingerprint density at radius 2 is 2.07 bits per heavy atom. The third kappa shape index (κ3) is 3.16. The molecule has 0 fully saturated rings. The molecule has 0 unspecified atom stereocenters. The molecule has 1 aromatic carbocycles. The minimum Gasteiger partial charge on any atom is -0.454 e. The van der Waals surface area contributed by atoms with Crippen LogP contribution in [0, 0.1) is 0 Å². The number of nitrogens with zero attached hydrogens (tertiary/aromatic N) is 3. The normalized spacial score (nSPS) is 12.6. The number of aromatic amines is 1. The number of H-pyrrole nitrogens is 1. The molecular formula is C20H19N5O2S. The van der Waals surface area contributed by atoms with Crippen molar-refractivity contribution in [3.05, 3.63) is 47.0 Å². The van der Waals surface area contributed by atoms with E-state index >= 15 is 0 Å². The second-order valence-corrected chi connectivity index (χ2v) is 7.63. The van der Waals surface area contributed by atoms with Gasteiger partial charge in [0.15, 0.2) is 17.3 Å². The molecule has 0 amide bonds. The van der Waals surface area contributed by atoms with E-state index in [-0.39, 0.29) is 0 Å². The van der Waals surface area contributed by atoms with Crippen molar-refractivity contribution >= 4 is 27.4 Å². The summed E-state index contributed by atoms with van der Waals surface area (Å²) in [6, 6.07) is 10.1. The van der Waals surface area contributed by atoms with Crippen LogP contribution in [0.25, 0.3) is 21.7 Å². The Hall–Kier alpha value is -3.13. The predicted molar refractivity (Wildman–Crippen MR) is 109 cm³/mol. The van der Waals surface area contributed by atoms with Crippen molar-refractivity contribution in [2.75, 3.05) is 18.7 Å². The maximum Gasteiger partial charge on any atom is 0.231 e. The van der Waals surface area contributed by atoms with Crippen molar-refractivity contribution in [3.63, 3.8) is 0 Å². The zero-order valence-corrected chi connectivity index (χ0v) is 16.2. The fourth-order valence-corrected chi connectivity index (χ4v) is 4.17. The SMILES string of the molecule is CCc1cc2c(NCCc3ccc4c(c3)OCO4)nc(-c3ccn[nH]3)nc2s1. The van der Waals surface area contributed by atoms with E-state index in [9.17, 15) is 0 Å². The Morgan fingerprint density at radius 1 is 1.14 bits per heavy atom. The van der Waals surface area contributed by atoms with Gasteiger partial charge in [0.2, 0.25) is 6.79 Å². The number of aryl methyl sites for hydroxylation is 1. The van der Waals surface area contributed by atoms with Crippen molar-refractivity contribution in [1.82, 2.24) is 20.2 Å².